The molecule has 0 spiro atoms. The topological polar surface area (TPSA) is 193 Å². The summed E-state index contributed by atoms with van der Waals surface area (Å²) in [5.74, 6) is -0.384. The van der Waals surface area contributed by atoms with E-state index >= 15 is 0 Å². The SMILES string of the molecule is CC(C)n1nc(C2(C[C@H](C)NCC(=O)N3[C@H](C#N)C[C@@H]4C[C@@H]43)c3ccc(C(N)=O)cc3CCc3cc(C(N)=O)ccc32)[nH]c1=O. The van der Waals surface area contributed by atoms with Gasteiger partial charge in [0.15, 0.2) is 0 Å². The molecule has 0 bridgehead atoms. The number of carbonyl (C=O) groups excluding carboxylic acids is 3. The molecule has 1 aromatic heterocycles. The summed E-state index contributed by atoms with van der Waals surface area (Å²) in [6, 6.07) is 12.2. The van der Waals surface area contributed by atoms with E-state index in [1.54, 1.807) is 29.2 Å². The summed E-state index contributed by atoms with van der Waals surface area (Å²) in [5.41, 5.74) is 14.1. The molecule has 3 amide bonds. The Bertz CT molecular complexity index is 1730. The van der Waals surface area contributed by atoms with Crippen LogP contribution in [0.4, 0.5) is 0 Å². The molecular formula is C33H38N8O4. The first-order valence-electron chi connectivity index (χ1n) is 15.4. The first kappa shape index (κ1) is 30.3. The van der Waals surface area contributed by atoms with E-state index < -0.39 is 23.3 Å². The van der Waals surface area contributed by atoms with Gasteiger partial charge >= 0.3 is 5.69 Å². The lowest BCUT2D eigenvalue weighted by Crippen LogP contribution is -2.46. The quantitative estimate of drug-likeness (QED) is 0.283. The van der Waals surface area contributed by atoms with Crippen molar-refractivity contribution >= 4 is 17.7 Å². The Morgan fingerprint density at radius 3 is 2.16 bits per heavy atom. The molecule has 2 aliphatic carbocycles. The molecule has 2 fully saturated rings. The number of nitrogens with one attached hydrogen (secondary N) is 2. The van der Waals surface area contributed by atoms with E-state index in [2.05, 4.69) is 16.4 Å². The second kappa shape index (κ2) is 11.3. The molecule has 1 saturated carbocycles. The van der Waals surface area contributed by atoms with Gasteiger partial charge in [0.1, 0.15) is 11.9 Å². The maximum absolute atomic E-state index is 13.3. The summed E-state index contributed by atoms with van der Waals surface area (Å²) in [7, 11) is 0. The van der Waals surface area contributed by atoms with Crippen LogP contribution in [0.5, 0.6) is 0 Å². The lowest BCUT2D eigenvalue weighted by Gasteiger charge is -2.37. The highest BCUT2D eigenvalue weighted by Gasteiger charge is 2.54. The van der Waals surface area contributed by atoms with Crippen LogP contribution in [0.15, 0.2) is 41.2 Å². The van der Waals surface area contributed by atoms with Crippen LogP contribution in [0, 0.1) is 17.2 Å². The van der Waals surface area contributed by atoms with Crippen molar-refractivity contribution in [2.24, 2.45) is 17.4 Å². The maximum atomic E-state index is 13.3. The van der Waals surface area contributed by atoms with Crippen LogP contribution in [0.1, 0.15) is 94.9 Å². The second-order valence-electron chi connectivity index (χ2n) is 12.9. The van der Waals surface area contributed by atoms with Gasteiger partial charge in [-0.15, -0.1) is 0 Å². The van der Waals surface area contributed by atoms with Crippen LogP contribution in [-0.2, 0) is 23.1 Å². The van der Waals surface area contributed by atoms with Crippen LogP contribution in [-0.4, -0.2) is 62.1 Å². The number of nitrogens with zero attached hydrogens (tertiary/aromatic N) is 4. The third-order valence-electron chi connectivity index (χ3n) is 9.65. The largest absolute Gasteiger partial charge is 0.366 e. The Morgan fingerprint density at radius 2 is 1.64 bits per heavy atom. The van der Waals surface area contributed by atoms with Crippen LogP contribution in [0.25, 0.3) is 0 Å². The molecule has 12 heteroatoms. The van der Waals surface area contributed by atoms with Gasteiger partial charge < -0.3 is 21.7 Å². The smallest absolute Gasteiger partial charge is 0.343 e. The predicted molar refractivity (Wildman–Crippen MR) is 165 cm³/mol. The summed E-state index contributed by atoms with van der Waals surface area (Å²) in [4.78, 5) is 55.8. The minimum Gasteiger partial charge on any atom is -0.366 e. The number of aromatic nitrogens is 3. The molecule has 3 aromatic rings. The molecule has 0 unspecified atom stereocenters. The molecule has 4 atom stereocenters. The average Bonchev–Trinajstić information content (AvgIpc) is 3.53. The lowest BCUT2D eigenvalue weighted by molar-refractivity contribution is -0.131. The average molecular weight is 611 g/mol. The molecule has 1 aliphatic heterocycles. The zero-order valence-electron chi connectivity index (χ0n) is 25.7. The van der Waals surface area contributed by atoms with Gasteiger partial charge in [0, 0.05) is 23.2 Å². The Balaban J connectivity index is 1.47. The fourth-order valence-electron chi connectivity index (χ4n) is 7.42. The van der Waals surface area contributed by atoms with Crippen molar-refractivity contribution < 1.29 is 14.4 Å². The van der Waals surface area contributed by atoms with Crippen molar-refractivity contribution in [3.63, 3.8) is 0 Å². The summed E-state index contributed by atoms with van der Waals surface area (Å²) in [5, 5.41) is 17.8. The van der Waals surface area contributed by atoms with E-state index in [1.165, 1.54) is 4.68 Å². The number of nitrogens with two attached hydrogens (primary N) is 2. The molecule has 2 heterocycles. The molecule has 45 heavy (non-hydrogen) atoms. The number of fused-ring (bicyclic) bond motifs is 3. The highest BCUT2D eigenvalue weighted by molar-refractivity contribution is 5.94. The molecule has 6 rings (SSSR count). The minimum absolute atomic E-state index is 0.0521. The fraction of sp³-hybridized carbons (Fsp3) is 0.455. The highest BCUT2D eigenvalue weighted by Crippen LogP contribution is 2.48. The first-order chi connectivity index (χ1) is 21.4. The maximum Gasteiger partial charge on any atom is 0.343 e. The van der Waals surface area contributed by atoms with Gasteiger partial charge in [0.2, 0.25) is 17.7 Å². The normalized spacial score (nSPS) is 21.7. The fourth-order valence-corrected chi connectivity index (χ4v) is 7.42. The third kappa shape index (κ3) is 5.21. The van der Waals surface area contributed by atoms with Crippen LogP contribution in [0.2, 0.25) is 0 Å². The monoisotopic (exact) mass is 610 g/mol. The highest BCUT2D eigenvalue weighted by atomic mass is 16.2. The first-order valence-corrected chi connectivity index (χ1v) is 15.4. The number of rotatable bonds is 9. The van der Waals surface area contributed by atoms with Gasteiger partial charge in [-0.25, -0.2) is 9.48 Å². The summed E-state index contributed by atoms with van der Waals surface area (Å²) >= 11 is 0. The molecule has 6 N–H and O–H groups in total. The third-order valence-corrected chi connectivity index (χ3v) is 9.65. The van der Waals surface area contributed by atoms with Gasteiger partial charge in [0.25, 0.3) is 0 Å². The van der Waals surface area contributed by atoms with Gasteiger partial charge in [0.05, 0.1) is 24.1 Å². The van der Waals surface area contributed by atoms with Gasteiger partial charge in [-0.3, -0.25) is 19.4 Å². The number of aromatic amines is 1. The number of aryl methyl sites for hydroxylation is 2. The number of carbonyl (C=O) groups is 3. The molecule has 234 valence electrons. The standard InChI is InChI=1S/C33H38N8O4/c1-17(2)41-32(45)38-31(39-41)33(14-18(3)37-16-28(42)40-24(15-34)12-23-13-27(23)40)25-8-6-21(29(35)43)10-19(25)4-5-20-11-22(30(36)44)7-9-26(20)33/h6-11,17-18,23-24,27,37H,4-5,12-14,16H2,1-3H3,(H2,35,43)(H2,36,44)(H,38,39,45)/t18-,23+,24-,27-/m0/s1. The van der Waals surface area contributed by atoms with Gasteiger partial charge in [-0.2, -0.15) is 10.4 Å². The Hall–Kier alpha value is -4.76. The molecule has 2 aromatic carbocycles. The van der Waals surface area contributed by atoms with Crippen molar-refractivity contribution in [2.75, 3.05) is 6.54 Å². The van der Waals surface area contributed by atoms with Crippen LogP contribution in [0.3, 0.4) is 0 Å². The van der Waals surface area contributed by atoms with Crippen LogP contribution >= 0.6 is 0 Å². The summed E-state index contributed by atoms with van der Waals surface area (Å²) in [6.07, 6.45) is 3.12. The number of primary amides is 2. The Labute approximate surface area is 260 Å². The van der Waals surface area contributed by atoms with E-state index in [0.29, 0.717) is 42.1 Å². The van der Waals surface area contributed by atoms with E-state index in [0.717, 1.165) is 35.1 Å². The number of hydrogen-bond acceptors (Lipinski definition) is 7. The van der Waals surface area contributed by atoms with E-state index in [-0.39, 0.29) is 36.3 Å². The van der Waals surface area contributed by atoms with E-state index in [1.807, 2.05) is 32.9 Å². The van der Waals surface area contributed by atoms with Gasteiger partial charge in [-0.05, 0) is 105 Å². The summed E-state index contributed by atoms with van der Waals surface area (Å²) < 4.78 is 1.40. The molecule has 1 saturated heterocycles. The number of amides is 3. The van der Waals surface area contributed by atoms with Crippen molar-refractivity contribution in [2.45, 2.75) is 82.5 Å². The van der Waals surface area contributed by atoms with Crippen molar-refractivity contribution in [1.29, 1.82) is 5.26 Å². The summed E-state index contributed by atoms with van der Waals surface area (Å²) in [6.45, 7) is 5.77. The van der Waals surface area contributed by atoms with Crippen molar-refractivity contribution in [3.05, 3.63) is 86.1 Å². The number of hydrogen-bond donors (Lipinski definition) is 4. The van der Waals surface area contributed by atoms with Crippen molar-refractivity contribution in [1.82, 2.24) is 25.0 Å². The number of benzene rings is 2. The lowest BCUT2D eigenvalue weighted by atomic mass is 9.67. The Morgan fingerprint density at radius 1 is 1.04 bits per heavy atom. The minimum atomic E-state index is -1.05. The zero-order valence-corrected chi connectivity index (χ0v) is 25.7. The molecular weight excluding hydrogens is 572 g/mol. The zero-order chi connectivity index (χ0) is 32.2. The number of nitriles is 1. The number of H-pyrrole nitrogens is 1. The second-order valence-corrected chi connectivity index (χ2v) is 12.9. The molecule has 12 nitrogen and oxygen atoms in total. The van der Waals surface area contributed by atoms with Crippen LogP contribution < -0.4 is 22.5 Å². The van der Waals surface area contributed by atoms with Gasteiger partial charge in [-0.1, -0.05) is 12.1 Å². The number of likely N-dealkylation sites (tertiary alicyclic amines) is 1. The molecule has 0 radical (unpaired) electrons. The van der Waals surface area contributed by atoms with E-state index in [9.17, 15) is 24.4 Å². The van der Waals surface area contributed by atoms with Crippen molar-refractivity contribution in [3.8, 4) is 6.07 Å². The molecule has 3 aliphatic rings. The van der Waals surface area contributed by atoms with E-state index in [4.69, 9.17) is 16.6 Å². The Kier molecular flexibility index (Phi) is 7.61. The number of piperidine rings is 1. The predicted octanol–water partition coefficient (Wildman–Crippen LogP) is 1.66.